The standard InChI is InChI=1S/C19H19N5O4/c20-10-19(15-7-6-13-18(21)22-11-23-24(13)15)17(26)16(25)14(28-19)9-27-8-12-4-2-1-3-5-12/h1-7,11,14,16-17,25-26H,8-9H2,(H2,21,22,23)/t14-,16-,17-,19+/m1/s1. The van der Waals surface area contributed by atoms with Crippen LogP contribution in [0.4, 0.5) is 5.82 Å². The molecular weight excluding hydrogens is 362 g/mol. The predicted molar refractivity (Wildman–Crippen MR) is 97.7 cm³/mol. The van der Waals surface area contributed by atoms with Crippen molar-refractivity contribution < 1.29 is 19.7 Å². The molecule has 0 saturated carbocycles. The van der Waals surface area contributed by atoms with Crippen molar-refractivity contribution in [3.05, 3.63) is 60.0 Å². The monoisotopic (exact) mass is 381 g/mol. The third-order valence-electron chi connectivity index (χ3n) is 4.88. The average Bonchev–Trinajstić information content (AvgIpc) is 3.25. The molecule has 1 aliphatic heterocycles. The van der Waals surface area contributed by atoms with Crippen LogP contribution in [0.1, 0.15) is 11.3 Å². The fourth-order valence-electron chi connectivity index (χ4n) is 3.42. The maximum absolute atomic E-state index is 10.7. The third kappa shape index (κ3) is 2.89. The van der Waals surface area contributed by atoms with Crippen molar-refractivity contribution >= 4 is 11.3 Å². The van der Waals surface area contributed by atoms with Gasteiger partial charge in [-0.05, 0) is 17.7 Å². The maximum Gasteiger partial charge on any atom is 0.225 e. The molecule has 9 nitrogen and oxygen atoms in total. The molecule has 0 aliphatic carbocycles. The number of hydrogen-bond acceptors (Lipinski definition) is 8. The van der Waals surface area contributed by atoms with Gasteiger partial charge in [-0.15, -0.1) is 0 Å². The summed E-state index contributed by atoms with van der Waals surface area (Å²) in [5, 5.41) is 35.1. The molecule has 28 heavy (non-hydrogen) atoms. The van der Waals surface area contributed by atoms with Gasteiger partial charge in [0.2, 0.25) is 5.60 Å². The molecular formula is C19H19N5O4. The first kappa shape index (κ1) is 18.3. The number of anilines is 1. The van der Waals surface area contributed by atoms with Crippen LogP contribution in [-0.2, 0) is 21.7 Å². The third-order valence-corrected chi connectivity index (χ3v) is 4.88. The Hall–Kier alpha value is -3.03. The van der Waals surface area contributed by atoms with Gasteiger partial charge in [0.15, 0.2) is 5.82 Å². The van der Waals surface area contributed by atoms with E-state index in [1.807, 2.05) is 36.4 Å². The van der Waals surface area contributed by atoms with Crippen molar-refractivity contribution in [1.29, 1.82) is 5.26 Å². The zero-order valence-corrected chi connectivity index (χ0v) is 14.8. The fourth-order valence-corrected chi connectivity index (χ4v) is 3.42. The highest BCUT2D eigenvalue weighted by Crippen LogP contribution is 2.40. The first-order valence-corrected chi connectivity index (χ1v) is 8.72. The van der Waals surface area contributed by atoms with E-state index in [2.05, 4.69) is 10.1 Å². The van der Waals surface area contributed by atoms with E-state index in [0.29, 0.717) is 12.1 Å². The Labute approximate surface area is 160 Å². The predicted octanol–water partition coefficient (Wildman–Crippen LogP) is 0.368. The molecule has 4 atom stereocenters. The van der Waals surface area contributed by atoms with Gasteiger partial charge < -0.3 is 25.4 Å². The minimum atomic E-state index is -1.81. The van der Waals surface area contributed by atoms with Gasteiger partial charge >= 0.3 is 0 Å². The summed E-state index contributed by atoms with van der Waals surface area (Å²) in [4.78, 5) is 3.90. The highest BCUT2D eigenvalue weighted by Gasteiger charge is 2.57. The number of nitrogens with zero attached hydrogens (tertiary/aromatic N) is 4. The van der Waals surface area contributed by atoms with Crippen LogP contribution >= 0.6 is 0 Å². The Balaban J connectivity index is 1.57. The Morgan fingerprint density at radius 2 is 2.04 bits per heavy atom. The van der Waals surface area contributed by atoms with E-state index in [9.17, 15) is 15.5 Å². The lowest BCUT2D eigenvalue weighted by Crippen LogP contribution is -2.41. The molecule has 4 rings (SSSR count). The van der Waals surface area contributed by atoms with Crippen molar-refractivity contribution in [2.45, 2.75) is 30.5 Å². The van der Waals surface area contributed by atoms with Crippen molar-refractivity contribution in [1.82, 2.24) is 14.6 Å². The Bertz CT molecular complexity index is 1020. The highest BCUT2D eigenvalue weighted by atomic mass is 16.6. The van der Waals surface area contributed by atoms with Crippen molar-refractivity contribution in [3.8, 4) is 6.07 Å². The van der Waals surface area contributed by atoms with Gasteiger partial charge in [-0.3, -0.25) is 0 Å². The average molecular weight is 381 g/mol. The molecule has 144 valence electrons. The van der Waals surface area contributed by atoms with Crippen LogP contribution in [-0.4, -0.2) is 49.7 Å². The highest BCUT2D eigenvalue weighted by molar-refractivity contribution is 5.66. The quantitative estimate of drug-likeness (QED) is 0.576. The van der Waals surface area contributed by atoms with Crippen molar-refractivity contribution in [2.24, 2.45) is 0 Å². The Morgan fingerprint density at radius 3 is 2.79 bits per heavy atom. The second-order valence-corrected chi connectivity index (χ2v) is 6.60. The number of aromatic nitrogens is 3. The number of nitriles is 1. The number of nitrogen functional groups attached to an aromatic ring is 1. The summed E-state index contributed by atoms with van der Waals surface area (Å²) < 4.78 is 12.9. The van der Waals surface area contributed by atoms with Crippen molar-refractivity contribution in [2.75, 3.05) is 12.3 Å². The molecule has 9 heteroatoms. The van der Waals surface area contributed by atoms with E-state index in [1.54, 1.807) is 12.1 Å². The van der Waals surface area contributed by atoms with Gasteiger partial charge in [0.05, 0.1) is 18.9 Å². The van der Waals surface area contributed by atoms with E-state index in [4.69, 9.17) is 15.2 Å². The molecule has 4 N–H and O–H groups in total. The lowest BCUT2D eigenvalue weighted by atomic mass is 9.92. The largest absolute Gasteiger partial charge is 0.387 e. The molecule has 0 amide bonds. The number of fused-ring (bicyclic) bond motifs is 1. The van der Waals surface area contributed by atoms with E-state index >= 15 is 0 Å². The van der Waals surface area contributed by atoms with Crippen LogP contribution < -0.4 is 5.73 Å². The number of ether oxygens (including phenoxy) is 2. The molecule has 1 aliphatic rings. The molecule has 1 aromatic carbocycles. The van der Waals surface area contributed by atoms with Gasteiger partial charge in [0, 0.05) is 0 Å². The van der Waals surface area contributed by atoms with Crippen LogP contribution in [0.3, 0.4) is 0 Å². The molecule has 3 aromatic rings. The zero-order valence-electron chi connectivity index (χ0n) is 14.8. The van der Waals surface area contributed by atoms with Gasteiger partial charge in [-0.25, -0.2) is 9.50 Å². The van der Waals surface area contributed by atoms with E-state index in [0.717, 1.165) is 5.56 Å². The fraction of sp³-hybridized carbons (Fsp3) is 0.316. The molecule has 0 spiro atoms. The zero-order chi connectivity index (χ0) is 19.7. The summed E-state index contributed by atoms with van der Waals surface area (Å²) >= 11 is 0. The summed E-state index contributed by atoms with van der Waals surface area (Å²) in [6, 6.07) is 14.7. The Kier molecular flexibility index (Phi) is 4.70. The number of rotatable bonds is 5. The van der Waals surface area contributed by atoms with Gasteiger partial charge in [0.25, 0.3) is 0 Å². The number of aliphatic hydroxyl groups excluding tert-OH is 2. The topological polar surface area (TPSA) is 139 Å². The minimum Gasteiger partial charge on any atom is -0.387 e. The summed E-state index contributed by atoms with van der Waals surface area (Å²) in [5.74, 6) is 0.227. The smallest absolute Gasteiger partial charge is 0.225 e. The summed E-state index contributed by atoms with van der Waals surface area (Å²) in [6.45, 7) is 0.331. The van der Waals surface area contributed by atoms with E-state index in [1.165, 1.54) is 10.8 Å². The van der Waals surface area contributed by atoms with Crippen LogP contribution in [0.25, 0.3) is 5.52 Å². The summed E-state index contributed by atoms with van der Waals surface area (Å²) in [5.41, 5.74) is 5.72. The van der Waals surface area contributed by atoms with Crippen LogP contribution in [0.5, 0.6) is 0 Å². The first-order valence-electron chi connectivity index (χ1n) is 8.72. The number of hydrogen-bond donors (Lipinski definition) is 3. The lowest BCUT2D eigenvalue weighted by Gasteiger charge is -2.24. The second-order valence-electron chi connectivity index (χ2n) is 6.60. The molecule has 0 radical (unpaired) electrons. The SMILES string of the molecule is N#C[C@@]1(c2ccc3c(N)ncnn23)O[C@H](COCc2ccccc2)[C@@H](O)[C@H]1O. The van der Waals surface area contributed by atoms with E-state index in [-0.39, 0.29) is 18.1 Å². The van der Waals surface area contributed by atoms with Crippen LogP contribution in [0.2, 0.25) is 0 Å². The molecule has 2 aromatic heterocycles. The molecule has 1 fully saturated rings. The summed E-state index contributed by atoms with van der Waals surface area (Å²) in [7, 11) is 0. The second kappa shape index (κ2) is 7.18. The first-order chi connectivity index (χ1) is 13.6. The molecule has 1 saturated heterocycles. The van der Waals surface area contributed by atoms with E-state index < -0.39 is 23.9 Å². The summed E-state index contributed by atoms with van der Waals surface area (Å²) in [6.07, 6.45) is -2.44. The van der Waals surface area contributed by atoms with Gasteiger partial charge in [0.1, 0.15) is 36.2 Å². The van der Waals surface area contributed by atoms with Crippen LogP contribution in [0.15, 0.2) is 48.8 Å². The molecule has 0 bridgehead atoms. The maximum atomic E-state index is 10.7. The number of nitrogens with two attached hydrogens (primary N) is 1. The molecule has 0 unspecified atom stereocenters. The normalized spacial score (nSPS) is 27.1. The van der Waals surface area contributed by atoms with Gasteiger partial charge in [-0.2, -0.15) is 10.4 Å². The number of aliphatic hydroxyl groups is 2. The number of benzene rings is 1. The minimum absolute atomic E-state index is 0.0109. The van der Waals surface area contributed by atoms with Crippen LogP contribution in [0, 0.1) is 11.3 Å². The lowest BCUT2D eigenvalue weighted by molar-refractivity contribution is -0.0785. The molecule has 3 heterocycles. The Morgan fingerprint density at radius 1 is 1.25 bits per heavy atom. The van der Waals surface area contributed by atoms with Gasteiger partial charge in [-0.1, -0.05) is 30.3 Å². The van der Waals surface area contributed by atoms with Crippen molar-refractivity contribution in [3.63, 3.8) is 0 Å².